The molecule has 0 radical (unpaired) electrons. The van der Waals surface area contributed by atoms with Crippen molar-refractivity contribution in [1.29, 1.82) is 0 Å². The van der Waals surface area contributed by atoms with Gasteiger partial charge in [0.15, 0.2) is 23.0 Å². The highest BCUT2D eigenvalue weighted by molar-refractivity contribution is 9.10. The summed E-state index contributed by atoms with van der Waals surface area (Å²) in [6.07, 6.45) is 16.8. The van der Waals surface area contributed by atoms with E-state index in [4.69, 9.17) is 21.5 Å². The van der Waals surface area contributed by atoms with Crippen LogP contribution in [0, 0.1) is 0 Å². The topological polar surface area (TPSA) is 219 Å². The summed E-state index contributed by atoms with van der Waals surface area (Å²) in [6, 6.07) is 19.2. The smallest absolute Gasteiger partial charge is 0.423 e. The first-order valence-corrected chi connectivity index (χ1v) is 19.0. The molecule has 2 aliphatic heterocycles. The molecule has 18 heteroatoms. The van der Waals surface area contributed by atoms with Gasteiger partial charge in [-0.05, 0) is 60.9 Å². The Balaban J connectivity index is 0.000000164. The maximum absolute atomic E-state index is 13.3. The van der Waals surface area contributed by atoms with Gasteiger partial charge in [0.25, 0.3) is 11.8 Å². The van der Waals surface area contributed by atoms with Gasteiger partial charge in [0.05, 0.1) is 0 Å². The average Bonchev–Trinajstić information content (AvgIpc) is 4.04. The lowest BCUT2D eigenvalue weighted by atomic mass is 9.83. The Kier molecular flexibility index (Phi) is 12.3. The summed E-state index contributed by atoms with van der Waals surface area (Å²) in [5, 5.41) is 17.0. The van der Waals surface area contributed by atoms with Crippen LogP contribution in [0.2, 0.25) is 0 Å². The van der Waals surface area contributed by atoms with Gasteiger partial charge in [0.2, 0.25) is 0 Å². The van der Waals surface area contributed by atoms with Gasteiger partial charge in [0.1, 0.15) is 12.7 Å². The second-order valence-corrected chi connectivity index (χ2v) is 14.2. The Bertz CT molecular complexity index is 2460. The Morgan fingerprint density at radius 2 is 1.12 bits per heavy atom. The van der Waals surface area contributed by atoms with Crippen molar-refractivity contribution >= 4 is 52.2 Å². The summed E-state index contributed by atoms with van der Waals surface area (Å²) in [5.74, 6) is 0.124. The molecule has 4 aromatic heterocycles. The molecule has 0 fully saturated rings. The Morgan fingerprint density at radius 3 is 1.52 bits per heavy atom. The molecule has 0 saturated carbocycles. The lowest BCUT2D eigenvalue weighted by molar-refractivity contribution is -0.130. The number of nitrogens with zero attached hydrogens (tertiary/aromatic N) is 10. The average molecular weight is 846 g/mol. The van der Waals surface area contributed by atoms with Crippen molar-refractivity contribution in [3.05, 3.63) is 150 Å². The largest absolute Gasteiger partial charge is 0.491 e. The number of halogens is 1. The normalized spacial score (nSPS) is 18.5. The van der Waals surface area contributed by atoms with E-state index in [9.17, 15) is 9.59 Å². The molecule has 0 aliphatic carbocycles. The van der Waals surface area contributed by atoms with Crippen molar-refractivity contribution in [3.63, 3.8) is 0 Å². The van der Waals surface area contributed by atoms with Crippen LogP contribution in [-0.4, -0.2) is 93.9 Å². The minimum Gasteiger partial charge on any atom is -0.423 e. The number of likely N-dealkylation sites (N-methyl/N-ethyl adjacent to an activating group) is 2. The van der Waals surface area contributed by atoms with Gasteiger partial charge < -0.3 is 30.6 Å². The van der Waals surface area contributed by atoms with Gasteiger partial charge in [-0.2, -0.15) is 0 Å². The zero-order chi connectivity index (χ0) is 41.6. The molecule has 296 valence electrons. The number of amides is 2. The number of aromatic nitrogens is 6. The van der Waals surface area contributed by atoms with E-state index in [0.29, 0.717) is 5.46 Å². The van der Waals surface area contributed by atoms with Gasteiger partial charge >= 0.3 is 7.12 Å². The van der Waals surface area contributed by atoms with E-state index in [1.807, 2.05) is 102 Å². The molecule has 58 heavy (non-hydrogen) atoms. The number of hydrogen-bond donors (Lipinski definition) is 4. The molecule has 2 unspecified atom stereocenters. The summed E-state index contributed by atoms with van der Waals surface area (Å²) in [5.41, 5.74) is 14.9. The molecule has 6 heterocycles. The van der Waals surface area contributed by atoms with Crippen LogP contribution < -0.4 is 16.9 Å². The predicted molar refractivity (Wildman–Crippen MR) is 224 cm³/mol. The fourth-order valence-electron chi connectivity index (χ4n) is 6.60. The van der Waals surface area contributed by atoms with Crippen LogP contribution in [0.3, 0.4) is 0 Å². The van der Waals surface area contributed by atoms with E-state index in [-0.39, 0.29) is 23.7 Å². The Labute approximate surface area is 343 Å². The fourth-order valence-corrected chi connectivity index (χ4v) is 7.00. The third-order valence-electron chi connectivity index (χ3n) is 9.84. The van der Waals surface area contributed by atoms with Gasteiger partial charge in [0, 0.05) is 103 Å². The van der Waals surface area contributed by atoms with Crippen molar-refractivity contribution in [3.8, 4) is 11.1 Å². The molecule has 0 spiro atoms. The maximum Gasteiger partial charge on any atom is 0.491 e. The maximum atomic E-state index is 13.3. The second-order valence-electron chi connectivity index (χ2n) is 13.3. The van der Waals surface area contributed by atoms with Crippen molar-refractivity contribution in [2.24, 2.45) is 21.5 Å². The molecule has 6 aromatic rings. The highest BCUT2D eigenvalue weighted by Crippen LogP contribution is 2.42. The highest BCUT2D eigenvalue weighted by atomic mass is 79.9. The monoisotopic (exact) mass is 844 g/mol. The quantitative estimate of drug-likeness (QED) is 0.164. The number of carbonyl (C=O) groups is 2. The predicted octanol–water partition coefficient (Wildman–Crippen LogP) is 2.45. The standard InChI is InChI=1S/C20H20N6O.C16H17BrN4O.C4H5BN2O2/c1-3-26-8-7-17(12-26)20(18(27)25(2)19(21)24-20)16-6-4-5-14(9-16)15-10-22-13-23-11-15;1-3-21-8-7-12(10-21)16(11-5-4-6-13(17)9-11)14(22)20(2)15(18)19-16;8-5(9)4-1-6-3-7-2-4/h4-13H,3H2,1-2H3,(H2,21,24);4-10H,3H2,1-2H3,(H2,18,19);1-3,8-9H. The Morgan fingerprint density at radius 1 is 0.655 bits per heavy atom. The van der Waals surface area contributed by atoms with Crippen LogP contribution in [0.4, 0.5) is 0 Å². The molecule has 16 nitrogen and oxygen atoms in total. The zero-order valence-corrected chi connectivity index (χ0v) is 33.8. The number of rotatable bonds is 8. The lowest BCUT2D eigenvalue weighted by Gasteiger charge is -2.25. The van der Waals surface area contributed by atoms with E-state index in [2.05, 4.69) is 52.8 Å². The SMILES string of the molecule is CCn1ccc(C2(c3cccc(-c4cncnc4)c3)N=C(N)N(C)C2=O)c1.CCn1ccc(C2(c3cccc(Br)c3)N=C(N)N(C)C2=O)c1.OB(O)c1cncnc1. The molecule has 0 bridgehead atoms. The molecule has 2 atom stereocenters. The molecule has 8 rings (SSSR count). The van der Waals surface area contributed by atoms with E-state index in [1.54, 1.807) is 26.5 Å². The second kappa shape index (κ2) is 17.3. The molecule has 2 amide bonds. The third-order valence-corrected chi connectivity index (χ3v) is 10.3. The summed E-state index contributed by atoms with van der Waals surface area (Å²) in [4.78, 5) is 53.5. The van der Waals surface area contributed by atoms with Crippen molar-refractivity contribution in [1.82, 2.24) is 38.9 Å². The van der Waals surface area contributed by atoms with Crippen LogP contribution in [0.15, 0.2) is 137 Å². The number of carbonyl (C=O) groups excluding carboxylic acids is 2. The van der Waals surface area contributed by atoms with Crippen molar-refractivity contribution in [2.75, 3.05) is 14.1 Å². The molecular weight excluding hydrogens is 803 g/mol. The third kappa shape index (κ3) is 7.89. The van der Waals surface area contributed by atoms with Crippen LogP contribution in [-0.2, 0) is 33.8 Å². The number of aryl methyl sites for hydroxylation is 2. The van der Waals surface area contributed by atoms with E-state index in [0.717, 1.165) is 50.9 Å². The molecular formula is C40H42BBrN12O4. The summed E-state index contributed by atoms with van der Waals surface area (Å²) >= 11 is 3.47. The number of nitrogens with two attached hydrogens (primary N) is 2. The van der Waals surface area contributed by atoms with Crippen molar-refractivity contribution < 1.29 is 19.6 Å². The van der Waals surface area contributed by atoms with E-state index < -0.39 is 18.2 Å². The van der Waals surface area contributed by atoms with Crippen molar-refractivity contribution in [2.45, 2.75) is 38.0 Å². The Hall–Kier alpha value is -6.50. The first-order valence-electron chi connectivity index (χ1n) is 18.2. The molecule has 6 N–H and O–H groups in total. The number of hydrogen-bond acceptors (Lipinski definition) is 12. The number of guanidine groups is 2. The van der Waals surface area contributed by atoms with Gasteiger partial charge in [-0.3, -0.25) is 19.4 Å². The number of aliphatic imine (C=N–C) groups is 2. The molecule has 0 saturated heterocycles. The first-order chi connectivity index (χ1) is 27.8. The summed E-state index contributed by atoms with van der Waals surface area (Å²) in [6.45, 7) is 5.74. The molecule has 2 aliphatic rings. The van der Waals surface area contributed by atoms with Crippen LogP contribution in [0.5, 0.6) is 0 Å². The molecule has 2 aromatic carbocycles. The highest BCUT2D eigenvalue weighted by Gasteiger charge is 2.51. The minimum atomic E-state index is -1.47. The van der Waals surface area contributed by atoms with E-state index in [1.165, 1.54) is 34.8 Å². The fraction of sp³-hybridized carbons (Fsp3) is 0.200. The van der Waals surface area contributed by atoms with Gasteiger partial charge in [-0.1, -0.05) is 46.3 Å². The number of benzene rings is 2. The minimum absolute atomic E-state index is 0.142. The summed E-state index contributed by atoms with van der Waals surface area (Å²) in [7, 11) is 1.83. The van der Waals surface area contributed by atoms with E-state index >= 15 is 0 Å². The lowest BCUT2D eigenvalue weighted by Crippen LogP contribution is -2.41. The van der Waals surface area contributed by atoms with Crippen LogP contribution in [0.25, 0.3) is 11.1 Å². The van der Waals surface area contributed by atoms with Crippen LogP contribution in [0.1, 0.15) is 36.1 Å². The van der Waals surface area contributed by atoms with Gasteiger partial charge in [-0.25, -0.2) is 29.9 Å². The zero-order valence-electron chi connectivity index (χ0n) is 32.3. The first kappa shape index (κ1) is 41.1. The summed E-state index contributed by atoms with van der Waals surface area (Å²) < 4.78 is 4.94. The van der Waals surface area contributed by atoms with Crippen LogP contribution >= 0.6 is 15.9 Å². The van der Waals surface area contributed by atoms with Gasteiger partial charge in [-0.15, -0.1) is 0 Å².